The highest BCUT2D eigenvalue weighted by molar-refractivity contribution is 7.16. The Labute approximate surface area is 245 Å². The number of halogens is 3. The number of alkyl halides is 2. The molecule has 3 unspecified atom stereocenters. The van der Waals surface area contributed by atoms with Crippen LogP contribution in [0.5, 0.6) is 0 Å². The first-order chi connectivity index (χ1) is 19.1. The molecule has 0 radical (unpaired) electrons. The van der Waals surface area contributed by atoms with Crippen molar-refractivity contribution in [1.29, 1.82) is 0 Å². The summed E-state index contributed by atoms with van der Waals surface area (Å²) < 4.78 is 37.8. The van der Waals surface area contributed by atoms with Crippen LogP contribution >= 0.6 is 9.24 Å². The molecule has 4 nitrogen and oxygen atoms in total. The van der Waals surface area contributed by atoms with Gasteiger partial charge in [0.1, 0.15) is 5.83 Å². The number of carbonyl (C=O) groups excluding carboxylic acids is 1. The van der Waals surface area contributed by atoms with Gasteiger partial charge >= 0.3 is 0 Å². The number of hydrogen-bond acceptors (Lipinski definition) is 3. The zero-order valence-corrected chi connectivity index (χ0v) is 26.8. The van der Waals surface area contributed by atoms with Crippen LogP contribution in [0.4, 0.5) is 13.2 Å². The maximum atomic E-state index is 13.0. The van der Waals surface area contributed by atoms with Crippen LogP contribution in [0.25, 0.3) is 0 Å². The van der Waals surface area contributed by atoms with E-state index in [0.717, 1.165) is 24.5 Å². The summed E-state index contributed by atoms with van der Waals surface area (Å²) in [5.41, 5.74) is 1.42. The van der Waals surface area contributed by atoms with E-state index in [9.17, 15) is 18.0 Å². The van der Waals surface area contributed by atoms with Gasteiger partial charge in [-0.15, -0.1) is 22.4 Å². The molecule has 0 aromatic carbocycles. The lowest BCUT2D eigenvalue weighted by Gasteiger charge is -2.17. The summed E-state index contributed by atoms with van der Waals surface area (Å²) in [5.74, 6) is 0.534. The number of hydrogen-bond donors (Lipinski definition) is 2. The monoisotopic (exact) mass is 588 g/mol. The Kier molecular flexibility index (Phi) is 26.3. The van der Waals surface area contributed by atoms with Gasteiger partial charge in [-0.1, -0.05) is 57.6 Å². The Morgan fingerprint density at radius 3 is 2.10 bits per heavy atom. The average molecular weight is 589 g/mol. The van der Waals surface area contributed by atoms with Gasteiger partial charge < -0.3 is 15.3 Å². The molecule has 0 aliphatic heterocycles. The summed E-state index contributed by atoms with van der Waals surface area (Å²) in [6.45, 7) is 12.6. The number of allylic oxidation sites excluding steroid dienone is 5. The number of nitrogens with zero attached hydrogens (tertiary/aromatic N) is 1. The van der Waals surface area contributed by atoms with Crippen molar-refractivity contribution in [3.05, 3.63) is 60.1 Å². The molecular formula is C32H56F3N2O2P. The predicted molar refractivity (Wildman–Crippen MR) is 169 cm³/mol. The van der Waals surface area contributed by atoms with Crippen molar-refractivity contribution in [3.63, 3.8) is 0 Å². The molecule has 0 aromatic rings. The molecule has 3 aliphatic carbocycles. The Bertz CT molecular complexity index is 766. The van der Waals surface area contributed by atoms with Crippen molar-refractivity contribution in [2.24, 2.45) is 11.8 Å². The van der Waals surface area contributed by atoms with Crippen LogP contribution in [0.1, 0.15) is 85.0 Å². The molecule has 2 N–H and O–H groups in total. The number of aliphatic hydroxyl groups excluding tert-OH is 1. The first-order valence-electron chi connectivity index (χ1n) is 14.5. The van der Waals surface area contributed by atoms with Crippen LogP contribution in [0.3, 0.4) is 0 Å². The zero-order valence-electron chi connectivity index (χ0n) is 25.6. The Balaban J connectivity index is 0. The van der Waals surface area contributed by atoms with Gasteiger partial charge in [-0.25, -0.2) is 13.2 Å². The number of amides is 1. The van der Waals surface area contributed by atoms with E-state index in [1.54, 1.807) is 11.6 Å². The minimum Gasteiger partial charge on any atom is -0.393 e. The summed E-state index contributed by atoms with van der Waals surface area (Å²) >= 11 is 0. The Hall–Kier alpha value is -1.85. The minimum absolute atomic E-state index is 0.0139. The molecule has 0 heterocycles. The van der Waals surface area contributed by atoms with Crippen LogP contribution in [0.15, 0.2) is 60.1 Å². The molecular weight excluding hydrogens is 532 g/mol. The topological polar surface area (TPSA) is 52.6 Å². The molecule has 8 heteroatoms. The first kappa shape index (κ1) is 40.3. The molecule has 2 fully saturated rings. The highest BCUT2D eigenvalue weighted by Crippen LogP contribution is 2.28. The molecule has 232 valence electrons. The van der Waals surface area contributed by atoms with Gasteiger partial charge in [-0.2, -0.15) is 0 Å². The second-order valence-electron chi connectivity index (χ2n) is 10.4. The average Bonchev–Trinajstić information content (AvgIpc) is 3.11. The fourth-order valence-electron chi connectivity index (χ4n) is 4.58. The molecule has 3 atom stereocenters. The van der Waals surface area contributed by atoms with Gasteiger partial charge in [-0.3, -0.25) is 4.79 Å². The normalized spacial score (nSPS) is 21.0. The van der Waals surface area contributed by atoms with Gasteiger partial charge in [0.15, 0.2) is 0 Å². The second-order valence-corrected chi connectivity index (χ2v) is 11.2. The summed E-state index contributed by atoms with van der Waals surface area (Å²) in [6, 6.07) is 0. The standard InChI is InChI=1S/C12H23N.C10H10F3NO.C6H12O.C2H7P.C2H4/c1-11(10-13(2)3)12-8-6-4-5-7-9-12;11-9-3-1-2-7(5-14-6-15)4-8(9)10(12)13;1-5-3-2-4-6(5)7;1-2-3;1-2/h10,12H,4-9H2,1-3H3;2-4,6,10H,1,5H2,(H,14,15);5-7H,2-4H2,1H3;2-3H2,1H3;1-2H2/b11-10+;;;;. The quantitative estimate of drug-likeness (QED) is 0.142. The van der Waals surface area contributed by atoms with Crippen molar-refractivity contribution in [3.8, 4) is 0 Å². The first-order valence-corrected chi connectivity index (χ1v) is 15.3. The van der Waals surface area contributed by atoms with Crippen molar-refractivity contribution in [2.45, 2.75) is 97.5 Å². The van der Waals surface area contributed by atoms with E-state index in [4.69, 9.17) is 5.11 Å². The molecule has 0 aromatic heterocycles. The lowest BCUT2D eigenvalue weighted by molar-refractivity contribution is -0.109. The lowest BCUT2D eigenvalue weighted by atomic mass is 9.93. The van der Waals surface area contributed by atoms with Gasteiger partial charge in [-0.05, 0) is 81.0 Å². The Morgan fingerprint density at radius 1 is 1.12 bits per heavy atom. The van der Waals surface area contributed by atoms with Crippen LogP contribution in [0.2, 0.25) is 0 Å². The number of nitrogens with one attached hydrogen (secondary N) is 1. The zero-order chi connectivity index (χ0) is 30.9. The van der Waals surface area contributed by atoms with E-state index in [-0.39, 0.29) is 19.1 Å². The third kappa shape index (κ3) is 20.1. The van der Waals surface area contributed by atoms with Gasteiger partial charge in [0.2, 0.25) is 6.41 Å². The molecule has 3 rings (SSSR count). The van der Waals surface area contributed by atoms with Crippen molar-refractivity contribution >= 4 is 15.6 Å². The highest BCUT2D eigenvalue weighted by Gasteiger charge is 2.20. The smallest absolute Gasteiger partial charge is 0.266 e. The summed E-state index contributed by atoms with van der Waals surface area (Å²) in [5, 5.41) is 11.3. The van der Waals surface area contributed by atoms with Crippen molar-refractivity contribution in [2.75, 3.05) is 26.8 Å². The molecule has 40 heavy (non-hydrogen) atoms. The Morgan fingerprint density at radius 2 is 1.70 bits per heavy atom. The van der Waals surface area contributed by atoms with Crippen molar-refractivity contribution < 1.29 is 23.1 Å². The van der Waals surface area contributed by atoms with E-state index in [1.165, 1.54) is 57.5 Å². The maximum Gasteiger partial charge on any atom is 0.266 e. The molecule has 3 aliphatic rings. The fraction of sp³-hybridized carbons (Fsp3) is 0.656. The number of rotatable bonds is 6. The van der Waals surface area contributed by atoms with E-state index >= 15 is 0 Å². The number of aliphatic hydroxyl groups is 1. The van der Waals surface area contributed by atoms with Crippen LogP contribution in [0, 0.1) is 11.8 Å². The van der Waals surface area contributed by atoms with E-state index in [2.05, 4.69) is 73.7 Å². The molecule has 0 bridgehead atoms. The molecule has 0 spiro atoms. The highest BCUT2D eigenvalue weighted by atomic mass is 31.0. The van der Waals surface area contributed by atoms with Crippen LogP contribution < -0.4 is 5.32 Å². The van der Waals surface area contributed by atoms with Crippen molar-refractivity contribution in [1.82, 2.24) is 10.2 Å². The van der Waals surface area contributed by atoms with Gasteiger partial charge in [0.25, 0.3) is 6.43 Å². The number of carbonyl (C=O) groups is 1. The van der Waals surface area contributed by atoms with E-state index in [0.29, 0.717) is 17.9 Å². The van der Waals surface area contributed by atoms with Crippen LogP contribution in [-0.4, -0.2) is 55.7 Å². The SMILES string of the molecule is C/C(=C\N(C)C)C1CCCCCC1.C=C.CC1CCCC1O.CCP.O=CNCC1=CCC=C(F)C(C(F)F)=C1. The third-order valence-electron chi connectivity index (χ3n) is 6.70. The third-order valence-corrected chi connectivity index (χ3v) is 6.70. The lowest BCUT2D eigenvalue weighted by Crippen LogP contribution is -2.14. The summed E-state index contributed by atoms with van der Waals surface area (Å²) in [6.07, 6.45) is 17.1. The van der Waals surface area contributed by atoms with Gasteiger partial charge in [0.05, 0.1) is 11.7 Å². The van der Waals surface area contributed by atoms with Gasteiger partial charge in [0, 0.05) is 20.6 Å². The van der Waals surface area contributed by atoms with E-state index < -0.39 is 17.8 Å². The minimum atomic E-state index is -2.85. The van der Waals surface area contributed by atoms with E-state index in [1.807, 2.05) is 0 Å². The summed E-state index contributed by atoms with van der Waals surface area (Å²) in [7, 11) is 6.80. The molecule has 1 amide bonds. The second kappa shape index (κ2) is 26.1. The largest absolute Gasteiger partial charge is 0.393 e. The molecule has 2 saturated carbocycles. The fourth-order valence-corrected chi connectivity index (χ4v) is 4.58. The van der Waals surface area contributed by atoms with Crippen LogP contribution in [-0.2, 0) is 4.79 Å². The summed E-state index contributed by atoms with van der Waals surface area (Å²) in [4.78, 5) is 12.2. The maximum absolute atomic E-state index is 13.0. The predicted octanol–water partition coefficient (Wildman–Crippen LogP) is 8.38. The molecule has 0 saturated heterocycles.